The third-order valence-corrected chi connectivity index (χ3v) is 3.82. The lowest BCUT2D eigenvalue weighted by Crippen LogP contribution is -2.55. The van der Waals surface area contributed by atoms with Crippen molar-refractivity contribution in [2.24, 2.45) is 0 Å². The van der Waals surface area contributed by atoms with Gasteiger partial charge in [-0.25, -0.2) is 0 Å². The van der Waals surface area contributed by atoms with Gasteiger partial charge in [0.2, 0.25) is 3.79 Å². The molecule has 20 heavy (non-hydrogen) atoms. The summed E-state index contributed by atoms with van der Waals surface area (Å²) in [6.07, 6.45) is -0.730. The average Bonchev–Trinajstić information content (AvgIpc) is 2.38. The highest BCUT2D eigenvalue weighted by Gasteiger charge is 2.37. The summed E-state index contributed by atoms with van der Waals surface area (Å²) in [6, 6.07) is 6.73. The first-order valence-corrected chi connectivity index (χ1v) is 7.68. The lowest BCUT2D eigenvalue weighted by molar-refractivity contribution is 0.0862. The van der Waals surface area contributed by atoms with Crippen molar-refractivity contribution in [1.82, 2.24) is 10.2 Å². The van der Waals surface area contributed by atoms with Crippen LogP contribution in [-0.2, 0) is 0 Å². The van der Waals surface area contributed by atoms with Crippen molar-refractivity contribution in [1.29, 1.82) is 0 Å². The molecule has 0 aliphatic carbocycles. The van der Waals surface area contributed by atoms with E-state index < -0.39 is 9.96 Å². The normalized spacial score (nSPS) is 13.3. The molecule has 3 nitrogen and oxygen atoms in total. The number of benzene rings is 1. The molecule has 1 aromatic rings. The van der Waals surface area contributed by atoms with Crippen molar-refractivity contribution >= 4 is 52.3 Å². The molecular weight excluding hydrogens is 342 g/mol. The summed E-state index contributed by atoms with van der Waals surface area (Å²) in [5.74, 6) is -0.376. The van der Waals surface area contributed by atoms with E-state index in [-0.39, 0.29) is 5.91 Å². The van der Waals surface area contributed by atoms with E-state index in [1.54, 1.807) is 24.3 Å². The third kappa shape index (κ3) is 4.68. The highest BCUT2D eigenvalue weighted by atomic mass is 35.6. The predicted octanol–water partition coefficient (Wildman–Crippen LogP) is 4.11. The van der Waals surface area contributed by atoms with Crippen molar-refractivity contribution < 1.29 is 4.79 Å². The average molecular weight is 358 g/mol. The summed E-state index contributed by atoms with van der Waals surface area (Å²) < 4.78 is -1.64. The van der Waals surface area contributed by atoms with Crippen molar-refractivity contribution in [3.8, 4) is 0 Å². The standard InChI is InChI=1S/C13H16Cl4N2O/c1-3-19(4-2)12(13(15,16)17)18-11(20)9-7-5-6-8-10(9)14/h5-8,12H,3-4H2,1-2H3,(H,18,20)/t12-/m0/s1. The van der Waals surface area contributed by atoms with Gasteiger partial charge < -0.3 is 5.32 Å². The molecule has 0 aliphatic heterocycles. The second-order valence-electron chi connectivity index (χ2n) is 4.12. The molecule has 1 amide bonds. The van der Waals surface area contributed by atoms with Crippen LogP contribution in [0, 0.1) is 0 Å². The molecule has 112 valence electrons. The number of halogens is 4. The number of hydrogen-bond donors (Lipinski definition) is 1. The molecule has 0 spiro atoms. The van der Waals surface area contributed by atoms with Crippen molar-refractivity contribution in [2.75, 3.05) is 13.1 Å². The van der Waals surface area contributed by atoms with Gasteiger partial charge in [0.1, 0.15) is 6.17 Å². The van der Waals surface area contributed by atoms with E-state index in [4.69, 9.17) is 46.4 Å². The number of nitrogens with zero attached hydrogens (tertiary/aromatic N) is 1. The number of nitrogens with one attached hydrogen (secondary N) is 1. The minimum atomic E-state index is -1.64. The zero-order chi connectivity index (χ0) is 15.3. The lowest BCUT2D eigenvalue weighted by Gasteiger charge is -2.35. The van der Waals surface area contributed by atoms with E-state index in [9.17, 15) is 4.79 Å². The number of rotatable bonds is 5. The molecule has 0 aromatic heterocycles. The van der Waals surface area contributed by atoms with Gasteiger partial charge in [0.15, 0.2) is 0 Å². The molecular formula is C13H16Cl4N2O. The number of carbonyl (C=O) groups is 1. The molecule has 0 unspecified atom stereocenters. The molecule has 0 radical (unpaired) electrons. The maximum Gasteiger partial charge on any atom is 0.254 e. The second kappa shape index (κ2) is 7.71. The van der Waals surface area contributed by atoms with Gasteiger partial charge in [-0.3, -0.25) is 9.69 Å². The van der Waals surface area contributed by atoms with Gasteiger partial charge in [-0.05, 0) is 25.2 Å². The summed E-state index contributed by atoms with van der Waals surface area (Å²) in [5, 5.41) is 3.08. The molecule has 1 rings (SSSR count). The van der Waals surface area contributed by atoms with Crippen LogP contribution >= 0.6 is 46.4 Å². The maximum atomic E-state index is 12.3. The van der Waals surface area contributed by atoms with Crippen LogP contribution in [0.25, 0.3) is 0 Å². The van der Waals surface area contributed by atoms with Gasteiger partial charge in [-0.15, -0.1) is 0 Å². The van der Waals surface area contributed by atoms with Gasteiger partial charge in [0.25, 0.3) is 5.91 Å². The second-order valence-corrected chi connectivity index (χ2v) is 6.89. The van der Waals surface area contributed by atoms with Crippen LogP contribution in [0.1, 0.15) is 24.2 Å². The highest BCUT2D eigenvalue weighted by Crippen LogP contribution is 2.32. The Morgan fingerprint density at radius 1 is 1.25 bits per heavy atom. The fourth-order valence-corrected chi connectivity index (χ4v) is 2.62. The van der Waals surface area contributed by atoms with E-state index in [2.05, 4.69) is 5.32 Å². The van der Waals surface area contributed by atoms with Crippen LogP contribution in [0.3, 0.4) is 0 Å². The van der Waals surface area contributed by atoms with Crippen LogP contribution < -0.4 is 5.32 Å². The van der Waals surface area contributed by atoms with Crippen molar-refractivity contribution in [3.05, 3.63) is 34.9 Å². The van der Waals surface area contributed by atoms with Crippen LogP contribution in [0.2, 0.25) is 5.02 Å². The van der Waals surface area contributed by atoms with Crippen LogP contribution in [0.5, 0.6) is 0 Å². The highest BCUT2D eigenvalue weighted by molar-refractivity contribution is 6.68. The first kappa shape index (κ1) is 17.9. The summed E-state index contributed by atoms with van der Waals surface area (Å²) in [4.78, 5) is 14.1. The first-order chi connectivity index (χ1) is 9.31. The number of alkyl halides is 3. The monoisotopic (exact) mass is 356 g/mol. The van der Waals surface area contributed by atoms with Gasteiger partial charge in [-0.2, -0.15) is 0 Å². The molecule has 0 saturated carbocycles. The van der Waals surface area contributed by atoms with Gasteiger partial charge >= 0.3 is 0 Å². The lowest BCUT2D eigenvalue weighted by atomic mass is 10.2. The minimum Gasteiger partial charge on any atom is -0.332 e. The topological polar surface area (TPSA) is 32.3 Å². The molecule has 1 atom stereocenters. The summed E-state index contributed by atoms with van der Waals surface area (Å²) in [7, 11) is 0. The molecule has 7 heteroatoms. The number of amides is 1. The Balaban J connectivity index is 2.96. The SMILES string of the molecule is CCN(CC)[C@H](NC(=O)c1ccccc1Cl)C(Cl)(Cl)Cl. The summed E-state index contributed by atoms with van der Waals surface area (Å²) in [6.45, 7) is 5.12. The Kier molecular flexibility index (Phi) is 6.89. The largest absolute Gasteiger partial charge is 0.332 e. The van der Waals surface area contributed by atoms with Crippen LogP contribution in [-0.4, -0.2) is 33.9 Å². The van der Waals surface area contributed by atoms with E-state index in [1.807, 2.05) is 18.7 Å². The van der Waals surface area contributed by atoms with E-state index in [0.717, 1.165) is 0 Å². The fourth-order valence-electron chi connectivity index (χ4n) is 1.82. The van der Waals surface area contributed by atoms with E-state index in [1.165, 1.54) is 0 Å². The van der Waals surface area contributed by atoms with Gasteiger partial charge in [0, 0.05) is 0 Å². The summed E-state index contributed by atoms with van der Waals surface area (Å²) in [5.41, 5.74) is 0.348. The molecule has 1 N–H and O–H groups in total. The van der Waals surface area contributed by atoms with Crippen molar-refractivity contribution in [3.63, 3.8) is 0 Å². The zero-order valence-electron chi connectivity index (χ0n) is 11.2. The first-order valence-electron chi connectivity index (χ1n) is 6.17. The Hall–Kier alpha value is -0.190. The Morgan fingerprint density at radius 2 is 1.80 bits per heavy atom. The third-order valence-electron chi connectivity index (χ3n) is 2.87. The molecule has 0 aliphatic rings. The Morgan fingerprint density at radius 3 is 2.25 bits per heavy atom. The summed E-state index contributed by atoms with van der Waals surface area (Å²) >= 11 is 23.9. The van der Waals surface area contributed by atoms with E-state index in [0.29, 0.717) is 23.7 Å². The fraction of sp³-hybridized carbons (Fsp3) is 0.462. The molecule has 0 bridgehead atoms. The quantitative estimate of drug-likeness (QED) is 0.635. The maximum absolute atomic E-state index is 12.3. The smallest absolute Gasteiger partial charge is 0.254 e. The molecule has 0 heterocycles. The van der Waals surface area contributed by atoms with Crippen LogP contribution in [0.15, 0.2) is 24.3 Å². The number of carbonyl (C=O) groups excluding carboxylic acids is 1. The minimum absolute atomic E-state index is 0.348. The Labute approximate surface area is 139 Å². The zero-order valence-corrected chi connectivity index (χ0v) is 14.2. The Bertz CT molecular complexity index is 458. The molecule has 1 aromatic carbocycles. The number of hydrogen-bond acceptors (Lipinski definition) is 2. The van der Waals surface area contributed by atoms with E-state index >= 15 is 0 Å². The van der Waals surface area contributed by atoms with Gasteiger partial charge in [-0.1, -0.05) is 72.4 Å². The predicted molar refractivity (Wildman–Crippen MR) is 85.9 cm³/mol. The molecule has 0 saturated heterocycles. The molecule has 0 fully saturated rings. The van der Waals surface area contributed by atoms with Crippen molar-refractivity contribution in [2.45, 2.75) is 23.8 Å². The van der Waals surface area contributed by atoms with Gasteiger partial charge in [0.05, 0.1) is 10.6 Å². The van der Waals surface area contributed by atoms with Crippen LogP contribution in [0.4, 0.5) is 0 Å².